The summed E-state index contributed by atoms with van der Waals surface area (Å²) in [6.07, 6.45) is 0.878. The maximum atomic E-state index is 13.3. The van der Waals surface area contributed by atoms with Crippen LogP contribution in [-0.2, 0) is 14.3 Å². The minimum atomic E-state index is -0.737. The Balaban J connectivity index is 1.36. The number of morpholine rings is 1. The lowest BCUT2D eigenvalue weighted by atomic mass is 9.92. The first-order chi connectivity index (χ1) is 16.4. The lowest BCUT2D eigenvalue weighted by molar-refractivity contribution is -0.137. The molecule has 3 atom stereocenters. The Labute approximate surface area is 197 Å². The number of ether oxygens (including phenoxy) is 1. The Morgan fingerprint density at radius 1 is 1.09 bits per heavy atom. The summed E-state index contributed by atoms with van der Waals surface area (Å²) in [7, 11) is 0. The van der Waals surface area contributed by atoms with Gasteiger partial charge in [-0.2, -0.15) is 0 Å². The van der Waals surface area contributed by atoms with Crippen molar-refractivity contribution >= 4 is 17.7 Å². The number of nitrogens with zero attached hydrogens (tertiary/aromatic N) is 1. The van der Waals surface area contributed by atoms with E-state index in [1.54, 1.807) is 41.3 Å². The number of carbonyl (C=O) groups is 3. The first kappa shape index (κ1) is 23.8. The molecule has 0 spiro atoms. The van der Waals surface area contributed by atoms with Gasteiger partial charge < -0.3 is 26.0 Å². The topological polar surface area (TPSA) is 114 Å². The summed E-state index contributed by atoms with van der Waals surface area (Å²) in [5.74, 6) is -1.80. The molecule has 0 unspecified atom stereocenters. The predicted octanol–water partition coefficient (Wildman–Crippen LogP) is 1.13. The van der Waals surface area contributed by atoms with Gasteiger partial charge in [-0.05, 0) is 35.7 Å². The van der Waals surface area contributed by atoms with Crippen LogP contribution >= 0.6 is 0 Å². The number of hydrogen-bond donors (Lipinski definition) is 3. The number of halogens is 1. The summed E-state index contributed by atoms with van der Waals surface area (Å²) in [6, 6.07) is 13.3. The van der Waals surface area contributed by atoms with Crippen LogP contribution in [0.3, 0.4) is 0 Å². The second kappa shape index (κ2) is 10.8. The molecule has 0 radical (unpaired) electrons. The summed E-state index contributed by atoms with van der Waals surface area (Å²) in [5, 5.41) is 6.04. The van der Waals surface area contributed by atoms with Gasteiger partial charge in [-0.15, -0.1) is 0 Å². The molecule has 4 rings (SSSR count). The largest absolute Gasteiger partial charge is 0.378 e. The van der Waals surface area contributed by atoms with E-state index in [-0.39, 0.29) is 48.2 Å². The van der Waals surface area contributed by atoms with Crippen molar-refractivity contribution in [1.29, 1.82) is 0 Å². The monoisotopic (exact) mass is 468 g/mol. The highest BCUT2D eigenvalue weighted by molar-refractivity contribution is 5.97. The average molecular weight is 469 g/mol. The van der Waals surface area contributed by atoms with Gasteiger partial charge in [-0.25, -0.2) is 4.39 Å². The average Bonchev–Trinajstić information content (AvgIpc) is 3.63. The lowest BCUT2D eigenvalue weighted by Gasteiger charge is -2.31. The van der Waals surface area contributed by atoms with Crippen LogP contribution in [0.1, 0.15) is 39.7 Å². The molecule has 2 fully saturated rings. The fraction of sp³-hybridized carbons (Fsp3) is 0.400. The molecular formula is C25H29FN4O4. The second-order valence-corrected chi connectivity index (χ2v) is 8.63. The molecule has 1 aliphatic heterocycles. The summed E-state index contributed by atoms with van der Waals surface area (Å²) < 4.78 is 18.4. The maximum absolute atomic E-state index is 13.3. The lowest BCUT2D eigenvalue weighted by Crippen LogP contribution is -2.46. The molecule has 0 aromatic heterocycles. The number of amides is 3. The van der Waals surface area contributed by atoms with Gasteiger partial charge in [0.2, 0.25) is 17.7 Å². The molecule has 8 nitrogen and oxygen atoms in total. The normalized spacial score (nSPS) is 20.4. The van der Waals surface area contributed by atoms with E-state index in [0.717, 1.165) is 12.0 Å². The Morgan fingerprint density at radius 3 is 2.50 bits per heavy atom. The Hall–Kier alpha value is -3.30. The predicted molar refractivity (Wildman–Crippen MR) is 124 cm³/mol. The van der Waals surface area contributed by atoms with E-state index in [0.29, 0.717) is 31.9 Å². The quantitative estimate of drug-likeness (QED) is 0.511. The van der Waals surface area contributed by atoms with E-state index in [4.69, 9.17) is 10.5 Å². The molecule has 1 saturated carbocycles. The van der Waals surface area contributed by atoms with Crippen LogP contribution < -0.4 is 16.4 Å². The van der Waals surface area contributed by atoms with Crippen molar-refractivity contribution in [2.45, 2.75) is 24.3 Å². The number of nitrogens with two attached hydrogens (primary N) is 1. The molecule has 2 aromatic rings. The van der Waals surface area contributed by atoms with Crippen LogP contribution in [0.4, 0.5) is 4.39 Å². The molecule has 2 aliphatic rings. The Bertz CT molecular complexity index is 1040. The zero-order valence-electron chi connectivity index (χ0n) is 18.8. The van der Waals surface area contributed by atoms with Gasteiger partial charge >= 0.3 is 0 Å². The molecule has 1 saturated heterocycles. The molecule has 4 N–H and O–H groups in total. The molecule has 1 heterocycles. The highest BCUT2D eigenvalue weighted by Gasteiger charge is 2.38. The third kappa shape index (κ3) is 5.78. The number of primary amides is 1. The van der Waals surface area contributed by atoms with Crippen molar-refractivity contribution in [1.82, 2.24) is 15.5 Å². The van der Waals surface area contributed by atoms with Gasteiger partial charge in [-0.1, -0.05) is 30.3 Å². The maximum Gasteiger partial charge on any atom is 0.249 e. The van der Waals surface area contributed by atoms with Gasteiger partial charge in [0.1, 0.15) is 5.82 Å². The van der Waals surface area contributed by atoms with Crippen molar-refractivity contribution < 1.29 is 23.5 Å². The van der Waals surface area contributed by atoms with E-state index in [2.05, 4.69) is 10.6 Å². The van der Waals surface area contributed by atoms with Crippen molar-refractivity contribution in [2.75, 3.05) is 39.4 Å². The molecule has 3 amide bonds. The first-order valence-corrected chi connectivity index (χ1v) is 11.4. The van der Waals surface area contributed by atoms with E-state index in [1.165, 1.54) is 12.1 Å². The second-order valence-electron chi connectivity index (χ2n) is 8.63. The van der Waals surface area contributed by atoms with Gasteiger partial charge in [0.05, 0.1) is 25.7 Å². The van der Waals surface area contributed by atoms with Crippen molar-refractivity contribution in [3.63, 3.8) is 0 Å². The molecule has 180 valence electrons. The third-order valence-electron chi connectivity index (χ3n) is 6.34. The molecule has 0 bridgehead atoms. The van der Waals surface area contributed by atoms with Gasteiger partial charge in [0, 0.05) is 37.2 Å². The van der Waals surface area contributed by atoms with Crippen molar-refractivity contribution in [3.8, 4) is 0 Å². The fourth-order valence-electron chi connectivity index (χ4n) is 4.36. The van der Waals surface area contributed by atoms with Crippen LogP contribution in [0.15, 0.2) is 48.5 Å². The number of rotatable bonds is 9. The summed E-state index contributed by atoms with van der Waals surface area (Å²) in [5.41, 5.74) is 7.35. The van der Waals surface area contributed by atoms with E-state index < -0.39 is 11.8 Å². The summed E-state index contributed by atoms with van der Waals surface area (Å²) in [6.45, 7) is 1.95. The van der Waals surface area contributed by atoms with Gasteiger partial charge in [0.25, 0.3) is 0 Å². The van der Waals surface area contributed by atoms with E-state index >= 15 is 0 Å². The molecule has 1 aliphatic carbocycles. The number of hydrogen-bond acceptors (Lipinski definition) is 5. The van der Waals surface area contributed by atoms with Crippen LogP contribution in [-0.4, -0.2) is 68.1 Å². The molecule has 9 heteroatoms. The Kier molecular flexibility index (Phi) is 7.54. The third-order valence-corrected chi connectivity index (χ3v) is 6.34. The SMILES string of the molecule is NC(=O)c1ccccc1[C@@H](CNC(=O)CN[C@@H]1C[C@H]1c1ccc(F)cc1)C(=O)N1CCOCC1. The van der Waals surface area contributed by atoms with Crippen LogP contribution in [0, 0.1) is 5.82 Å². The zero-order valence-corrected chi connectivity index (χ0v) is 18.8. The van der Waals surface area contributed by atoms with Gasteiger partial charge in [0.15, 0.2) is 0 Å². The van der Waals surface area contributed by atoms with E-state index in [9.17, 15) is 18.8 Å². The minimum absolute atomic E-state index is 0.0487. The highest BCUT2D eigenvalue weighted by atomic mass is 19.1. The van der Waals surface area contributed by atoms with Gasteiger partial charge in [-0.3, -0.25) is 14.4 Å². The Morgan fingerprint density at radius 2 is 1.79 bits per heavy atom. The van der Waals surface area contributed by atoms with Crippen LogP contribution in [0.25, 0.3) is 0 Å². The smallest absolute Gasteiger partial charge is 0.249 e. The van der Waals surface area contributed by atoms with Crippen molar-refractivity contribution in [3.05, 3.63) is 71.0 Å². The number of carbonyl (C=O) groups excluding carboxylic acids is 3. The first-order valence-electron chi connectivity index (χ1n) is 11.4. The molecular weight excluding hydrogens is 439 g/mol. The van der Waals surface area contributed by atoms with Crippen LogP contribution in [0.2, 0.25) is 0 Å². The minimum Gasteiger partial charge on any atom is -0.378 e. The number of benzene rings is 2. The highest BCUT2D eigenvalue weighted by Crippen LogP contribution is 2.40. The zero-order chi connectivity index (χ0) is 24.1. The molecule has 2 aromatic carbocycles. The standard InChI is InChI=1S/C25H29FN4O4/c26-17-7-5-16(6-8-17)20-13-22(20)28-15-23(31)29-14-21(25(33)30-9-11-34-12-10-30)18-3-1-2-4-19(18)24(27)32/h1-8,20-22,28H,9-15H2,(H2,27,32)(H,29,31)/t20-,21+,22+/m0/s1. The van der Waals surface area contributed by atoms with E-state index in [1.807, 2.05) is 0 Å². The number of nitrogens with one attached hydrogen (secondary N) is 2. The van der Waals surface area contributed by atoms with Crippen LogP contribution in [0.5, 0.6) is 0 Å². The summed E-state index contributed by atoms with van der Waals surface area (Å²) >= 11 is 0. The molecule has 34 heavy (non-hydrogen) atoms. The fourth-order valence-corrected chi connectivity index (χ4v) is 4.36. The summed E-state index contributed by atoms with van der Waals surface area (Å²) in [4.78, 5) is 39.5. The van der Waals surface area contributed by atoms with Crippen molar-refractivity contribution in [2.24, 2.45) is 5.73 Å².